The molecule has 0 aliphatic rings. The first-order chi connectivity index (χ1) is 6.57. The van der Waals surface area contributed by atoms with Crippen molar-refractivity contribution in [2.45, 2.75) is 26.3 Å². The van der Waals surface area contributed by atoms with E-state index in [1.807, 2.05) is 0 Å². The number of methoxy groups -OCH3 is 1. The predicted octanol–water partition coefficient (Wildman–Crippen LogP) is 0.479. The fourth-order valence-corrected chi connectivity index (χ4v) is 0.974. The molecule has 4 nitrogen and oxygen atoms in total. The topological polar surface area (TPSA) is 41.6 Å². The average Bonchev–Trinajstić information content (AvgIpc) is 2.16. The molecule has 0 aliphatic heterocycles. The molecule has 0 aliphatic carbocycles. The summed E-state index contributed by atoms with van der Waals surface area (Å²) in [7, 11) is 3.50. The van der Waals surface area contributed by atoms with Crippen molar-refractivity contribution in [1.82, 2.24) is 10.2 Å². The second-order valence-corrected chi connectivity index (χ2v) is 3.68. The van der Waals surface area contributed by atoms with Crippen LogP contribution in [0.4, 0.5) is 0 Å². The number of nitrogens with one attached hydrogen (secondary N) is 1. The molecule has 0 saturated heterocycles. The summed E-state index contributed by atoms with van der Waals surface area (Å²) >= 11 is 0. The van der Waals surface area contributed by atoms with E-state index < -0.39 is 0 Å². The van der Waals surface area contributed by atoms with E-state index in [1.54, 1.807) is 0 Å². The first-order valence-electron chi connectivity index (χ1n) is 5.05. The number of carbonyl (C=O) groups excluding carboxylic acids is 1. The van der Waals surface area contributed by atoms with Crippen molar-refractivity contribution in [3.63, 3.8) is 0 Å². The Balaban J connectivity index is 3.25. The highest BCUT2D eigenvalue weighted by Gasteiger charge is 2.02. The first kappa shape index (κ1) is 13.4. The molecule has 0 radical (unpaired) electrons. The molecule has 0 rings (SSSR count). The van der Waals surface area contributed by atoms with E-state index >= 15 is 0 Å². The Bertz CT molecular complexity index is 160. The Hall–Kier alpha value is -0.610. The molecular formula is C10H22N2O2. The van der Waals surface area contributed by atoms with Gasteiger partial charge in [0.05, 0.1) is 13.7 Å². The van der Waals surface area contributed by atoms with Gasteiger partial charge in [-0.1, -0.05) is 0 Å². The Morgan fingerprint density at radius 1 is 1.50 bits per heavy atom. The van der Waals surface area contributed by atoms with Gasteiger partial charge in [0.25, 0.3) is 0 Å². The van der Waals surface area contributed by atoms with Crippen LogP contribution in [0.2, 0.25) is 0 Å². The van der Waals surface area contributed by atoms with Crippen LogP contribution in [0, 0.1) is 0 Å². The number of ether oxygens (including phenoxy) is 1. The Morgan fingerprint density at radius 3 is 2.64 bits per heavy atom. The number of esters is 1. The average molecular weight is 202 g/mol. The van der Waals surface area contributed by atoms with Crippen LogP contribution in [0.1, 0.15) is 20.3 Å². The number of hydrogen-bond donors (Lipinski definition) is 1. The van der Waals surface area contributed by atoms with Gasteiger partial charge in [0.2, 0.25) is 0 Å². The molecule has 1 N–H and O–H groups in total. The van der Waals surface area contributed by atoms with Crippen molar-refractivity contribution in [3.05, 3.63) is 0 Å². The highest BCUT2D eigenvalue weighted by Crippen LogP contribution is 1.93. The second-order valence-electron chi connectivity index (χ2n) is 3.68. The molecule has 0 unspecified atom stereocenters. The highest BCUT2D eigenvalue weighted by atomic mass is 16.5. The number of hydrogen-bond acceptors (Lipinski definition) is 4. The van der Waals surface area contributed by atoms with Crippen LogP contribution < -0.4 is 5.32 Å². The van der Waals surface area contributed by atoms with Gasteiger partial charge < -0.3 is 15.0 Å². The Morgan fingerprint density at radius 2 is 2.14 bits per heavy atom. The van der Waals surface area contributed by atoms with E-state index in [4.69, 9.17) is 0 Å². The summed E-state index contributed by atoms with van der Waals surface area (Å²) in [6.07, 6.45) is 1.05. The van der Waals surface area contributed by atoms with E-state index in [2.05, 4.69) is 35.8 Å². The fourth-order valence-electron chi connectivity index (χ4n) is 0.974. The first-order valence-corrected chi connectivity index (χ1v) is 5.05. The van der Waals surface area contributed by atoms with E-state index in [9.17, 15) is 4.79 Å². The Kier molecular flexibility index (Phi) is 7.42. The van der Waals surface area contributed by atoms with Crippen molar-refractivity contribution in [1.29, 1.82) is 0 Å². The maximum atomic E-state index is 10.7. The summed E-state index contributed by atoms with van der Waals surface area (Å²) in [6.45, 7) is 6.55. The van der Waals surface area contributed by atoms with Crippen molar-refractivity contribution < 1.29 is 9.53 Å². The van der Waals surface area contributed by atoms with Crippen LogP contribution in [0.15, 0.2) is 0 Å². The van der Waals surface area contributed by atoms with Crippen molar-refractivity contribution in [3.8, 4) is 0 Å². The van der Waals surface area contributed by atoms with Crippen LogP contribution in [0.25, 0.3) is 0 Å². The minimum Gasteiger partial charge on any atom is -0.468 e. The van der Waals surface area contributed by atoms with E-state index in [-0.39, 0.29) is 5.97 Å². The van der Waals surface area contributed by atoms with Gasteiger partial charge >= 0.3 is 5.97 Å². The molecule has 0 spiro atoms. The van der Waals surface area contributed by atoms with Crippen LogP contribution >= 0.6 is 0 Å². The molecule has 0 bridgehead atoms. The minimum absolute atomic E-state index is 0.206. The molecule has 4 heteroatoms. The lowest BCUT2D eigenvalue weighted by molar-refractivity contribution is -0.139. The molecule has 0 heterocycles. The van der Waals surface area contributed by atoms with Crippen molar-refractivity contribution in [2.75, 3.05) is 33.8 Å². The maximum absolute atomic E-state index is 10.7. The zero-order valence-electron chi connectivity index (χ0n) is 9.67. The predicted molar refractivity (Wildman–Crippen MR) is 57.3 cm³/mol. The zero-order chi connectivity index (χ0) is 11.0. The van der Waals surface area contributed by atoms with Crippen molar-refractivity contribution >= 4 is 5.97 Å². The Labute approximate surface area is 86.6 Å². The summed E-state index contributed by atoms with van der Waals surface area (Å²) in [5.74, 6) is -0.206. The maximum Gasteiger partial charge on any atom is 0.319 e. The van der Waals surface area contributed by atoms with Crippen LogP contribution in [-0.2, 0) is 9.53 Å². The molecule has 0 atom stereocenters. The van der Waals surface area contributed by atoms with E-state index in [0.717, 1.165) is 19.5 Å². The number of nitrogens with zero attached hydrogens (tertiary/aromatic N) is 1. The lowest BCUT2D eigenvalue weighted by Gasteiger charge is -2.20. The monoisotopic (exact) mass is 202 g/mol. The lowest BCUT2D eigenvalue weighted by atomic mass is 10.3. The SMILES string of the molecule is COC(=O)CNCCCN(C)C(C)C. The molecule has 0 aromatic rings. The third-order valence-electron chi connectivity index (χ3n) is 2.24. The third kappa shape index (κ3) is 6.86. The van der Waals surface area contributed by atoms with Gasteiger partial charge in [0.15, 0.2) is 0 Å². The molecule has 0 fully saturated rings. The van der Waals surface area contributed by atoms with Gasteiger partial charge in [-0.25, -0.2) is 0 Å². The molecule has 0 aromatic heterocycles. The number of carbonyl (C=O) groups is 1. The standard InChI is InChI=1S/C10H22N2O2/c1-9(2)12(3)7-5-6-11-8-10(13)14-4/h9,11H,5-8H2,1-4H3. The largest absolute Gasteiger partial charge is 0.468 e. The molecule has 0 aromatic carbocycles. The summed E-state index contributed by atoms with van der Waals surface area (Å²) in [4.78, 5) is 13.0. The van der Waals surface area contributed by atoms with E-state index in [1.165, 1.54) is 7.11 Å². The van der Waals surface area contributed by atoms with Crippen LogP contribution in [0.3, 0.4) is 0 Å². The minimum atomic E-state index is -0.206. The van der Waals surface area contributed by atoms with Gasteiger partial charge in [-0.2, -0.15) is 0 Å². The smallest absolute Gasteiger partial charge is 0.319 e. The molecular weight excluding hydrogens is 180 g/mol. The summed E-state index contributed by atoms with van der Waals surface area (Å²) in [5, 5.41) is 3.03. The molecule has 84 valence electrons. The highest BCUT2D eigenvalue weighted by molar-refractivity contribution is 5.71. The van der Waals surface area contributed by atoms with Gasteiger partial charge in [0.1, 0.15) is 0 Å². The second kappa shape index (κ2) is 7.76. The molecule has 0 amide bonds. The molecule has 0 saturated carbocycles. The van der Waals surface area contributed by atoms with Crippen LogP contribution in [0.5, 0.6) is 0 Å². The lowest BCUT2D eigenvalue weighted by Crippen LogP contribution is -2.31. The molecule has 14 heavy (non-hydrogen) atoms. The van der Waals surface area contributed by atoms with Crippen molar-refractivity contribution in [2.24, 2.45) is 0 Å². The zero-order valence-corrected chi connectivity index (χ0v) is 9.67. The summed E-state index contributed by atoms with van der Waals surface area (Å²) in [5.41, 5.74) is 0. The van der Waals surface area contributed by atoms with Gasteiger partial charge in [-0.05, 0) is 40.4 Å². The quantitative estimate of drug-likeness (QED) is 0.481. The normalized spacial score (nSPS) is 11.0. The van der Waals surface area contributed by atoms with E-state index in [0.29, 0.717) is 12.6 Å². The van der Waals surface area contributed by atoms with Crippen LogP contribution in [-0.4, -0.2) is 50.7 Å². The van der Waals surface area contributed by atoms with Gasteiger partial charge in [-0.15, -0.1) is 0 Å². The van der Waals surface area contributed by atoms with Gasteiger partial charge in [-0.3, -0.25) is 4.79 Å². The summed E-state index contributed by atoms with van der Waals surface area (Å²) in [6, 6.07) is 0.579. The number of rotatable bonds is 7. The fraction of sp³-hybridized carbons (Fsp3) is 0.900. The van der Waals surface area contributed by atoms with Gasteiger partial charge in [0, 0.05) is 6.04 Å². The summed E-state index contributed by atoms with van der Waals surface area (Å²) < 4.78 is 4.50. The third-order valence-corrected chi connectivity index (χ3v) is 2.24.